The first kappa shape index (κ1) is 14.4. The summed E-state index contributed by atoms with van der Waals surface area (Å²) in [5.41, 5.74) is 0.552. The number of hydrogen-bond acceptors (Lipinski definition) is 3. The highest BCUT2D eigenvalue weighted by molar-refractivity contribution is 7.89. The van der Waals surface area contributed by atoms with Crippen LogP contribution in [0, 0.1) is 12.7 Å². The van der Waals surface area contributed by atoms with Crippen LogP contribution in [0.25, 0.3) is 0 Å². The Kier molecular flexibility index (Phi) is 4.23. The zero-order valence-electron chi connectivity index (χ0n) is 11.1. The van der Waals surface area contributed by atoms with Crippen LogP contribution in [0.15, 0.2) is 23.1 Å². The second-order valence-electron chi connectivity index (χ2n) is 5.11. The highest BCUT2D eigenvalue weighted by Crippen LogP contribution is 2.18. The van der Waals surface area contributed by atoms with Crippen molar-refractivity contribution in [1.82, 2.24) is 10.0 Å². The maximum Gasteiger partial charge on any atom is 0.241 e. The van der Waals surface area contributed by atoms with E-state index in [0.717, 1.165) is 25.5 Å². The highest BCUT2D eigenvalue weighted by Gasteiger charge is 2.25. The van der Waals surface area contributed by atoms with Crippen molar-refractivity contribution in [3.8, 4) is 0 Å². The van der Waals surface area contributed by atoms with Crippen molar-refractivity contribution < 1.29 is 12.8 Å². The van der Waals surface area contributed by atoms with E-state index in [4.69, 9.17) is 0 Å². The van der Waals surface area contributed by atoms with Gasteiger partial charge in [0.15, 0.2) is 0 Å². The molecule has 0 aromatic heterocycles. The predicted octanol–water partition coefficient (Wildman–Crippen LogP) is 1.55. The molecule has 0 amide bonds. The molecule has 1 aliphatic heterocycles. The zero-order chi connectivity index (χ0) is 14.0. The Hall–Kier alpha value is -0.980. The number of piperidine rings is 1. The van der Waals surface area contributed by atoms with Gasteiger partial charge in [0.2, 0.25) is 10.0 Å². The van der Waals surface area contributed by atoms with Gasteiger partial charge >= 0.3 is 0 Å². The normalized spacial score (nSPS) is 24.4. The first-order valence-electron chi connectivity index (χ1n) is 6.40. The van der Waals surface area contributed by atoms with Gasteiger partial charge in [-0.3, -0.25) is 0 Å². The van der Waals surface area contributed by atoms with E-state index in [1.807, 2.05) is 6.92 Å². The van der Waals surface area contributed by atoms with Gasteiger partial charge in [-0.2, -0.15) is 0 Å². The van der Waals surface area contributed by atoms with Gasteiger partial charge in [0.05, 0.1) is 4.90 Å². The molecule has 1 fully saturated rings. The van der Waals surface area contributed by atoms with Crippen molar-refractivity contribution in [3.63, 3.8) is 0 Å². The summed E-state index contributed by atoms with van der Waals surface area (Å²) >= 11 is 0. The molecule has 1 aromatic carbocycles. The minimum atomic E-state index is -3.65. The standard InChI is InChI=1S/C13H19FN2O2S/c1-9-3-4-11(14)8-13(9)19(17,18)16-12-5-6-15-10(2)7-12/h3-4,8,10,12,15-16H,5-7H2,1-2H3. The molecule has 19 heavy (non-hydrogen) atoms. The fourth-order valence-corrected chi connectivity index (χ4v) is 3.92. The quantitative estimate of drug-likeness (QED) is 0.886. The van der Waals surface area contributed by atoms with Crippen molar-refractivity contribution in [2.45, 2.75) is 43.7 Å². The molecule has 2 unspecified atom stereocenters. The van der Waals surface area contributed by atoms with Gasteiger partial charge in [-0.15, -0.1) is 0 Å². The van der Waals surface area contributed by atoms with Crippen LogP contribution in [0.5, 0.6) is 0 Å². The lowest BCUT2D eigenvalue weighted by molar-refractivity contribution is 0.361. The van der Waals surface area contributed by atoms with Crippen LogP contribution in [0.2, 0.25) is 0 Å². The molecule has 4 nitrogen and oxygen atoms in total. The number of aryl methyl sites for hydroxylation is 1. The van der Waals surface area contributed by atoms with Crippen LogP contribution >= 0.6 is 0 Å². The van der Waals surface area contributed by atoms with Crippen LogP contribution < -0.4 is 10.0 Å². The molecule has 106 valence electrons. The second kappa shape index (κ2) is 5.56. The third kappa shape index (κ3) is 3.52. The van der Waals surface area contributed by atoms with E-state index < -0.39 is 15.8 Å². The monoisotopic (exact) mass is 286 g/mol. The maximum absolute atomic E-state index is 13.2. The van der Waals surface area contributed by atoms with Crippen molar-refractivity contribution in [1.29, 1.82) is 0 Å². The van der Waals surface area contributed by atoms with Gasteiger partial charge in [0, 0.05) is 12.1 Å². The molecule has 2 atom stereocenters. The highest BCUT2D eigenvalue weighted by atomic mass is 32.2. The average molecular weight is 286 g/mol. The molecule has 0 aliphatic carbocycles. The van der Waals surface area contributed by atoms with Crippen LogP contribution in [-0.4, -0.2) is 27.0 Å². The Bertz CT molecular complexity index is 560. The molecular weight excluding hydrogens is 267 g/mol. The minimum Gasteiger partial charge on any atom is -0.314 e. The zero-order valence-corrected chi connectivity index (χ0v) is 11.9. The molecule has 2 rings (SSSR count). The van der Waals surface area contributed by atoms with Gasteiger partial charge < -0.3 is 5.32 Å². The third-order valence-electron chi connectivity index (χ3n) is 3.39. The maximum atomic E-state index is 13.2. The molecule has 1 aromatic rings. The van der Waals surface area contributed by atoms with Gasteiger partial charge in [0.25, 0.3) is 0 Å². The summed E-state index contributed by atoms with van der Waals surface area (Å²) in [7, 11) is -3.65. The second-order valence-corrected chi connectivity index (χ2v) is 6.79. The van der Waals surface area contributed by atoms with Crippen molar-refractivity contribution in [3.05, 3.63) is 29.6 Å². The molecular formula is C13H19FN2O2S. The fraction of sp³-hybridized carbons (Fsp3) is 0.538. The topological polar surface area (TPSA) is 58.2 Å². The average Bonchev–Trinajstić information content (AvgIpc) is 2.31. The van der Waals surface area contributed by atoms with E-state index in [1.54, 1.807) is 6.92 Å². The largest absolute Gasteiger partial charge is 0.314 e. The Balaban J connectivity index is 2.20. The van der Waals surface area contributed by atoms with Crippen LogP contribution in [0.3, 0.4) is 0 Å². The van der Waals surface area contributed by atoms with E-state index >= 15 is 0 Å². The molecule has 2 N–H and O–H groups in total. The number of halogens is 1. The van der Waals surface area contributed by atoms with E-state index in [-0.39, 0.29) is 17.0 Å². The van der Waals surface area contributed by atoms with Crippen LogP contribution in [-0.2, 0) is 10.0 Å². The SMILES string of the molecule is Cc1ccc(F)cc1S(=O)(=O)NC1CCNC(C)C1. The summed E-state index contributed by atoms with van der Waals surface area (Å²) < 4.78 is 40.5. The van der Waals surface area contributed by atoms with Crippen LogP contribution in [0.1, 0.15) is 25.3 Å². The lowest BCUT2D eigenvalue weighted by Crippen LogP contribution is -2.46. The minimum absolute atomic E-state index is 0.0266. The number of benzene rings is 1. The van der Waals surface area contributed by atoms with Gasteiger partial charge in [0.1, 0.15) is 5.82 Å². The lowest BCUT2D eigenvalue weighted by Gasteiger charge is -2.28. The van der Waals surface area contributed by atoms with Gasteiger partial charge in [-0.05, 0) is 50.9 Å². The first-order valence-corrected chi connectivity index (χ1v) is 7.88. The van der Waals surface area contributed by atoms with E-state index in [0.29, 0.717) is 5.56 Å². The third-order valence-corrected chi connectivity index (χ3v) is 5.05. The smallest absolute Gasteiger partial charge is 0.241 e. The Labute approximate surface area is 113 Å². The molecule has 0 spiro atoms. The number of sulfonamides is 1. The number of rotatable bonds is 3. The van der Waals surface area contributed by atoms with E-state index in [2.05, 4.69) is 10.0 Å². The predicted molar refractivity (Wildman–Crippen MR) is 71.9 cm³/mol. The Morgan fingerprint density at radius 2 is 2.16 bits per heavy atom. The summed E-state index contributed by atoms with van der Waals surface area (Å²) in [4.78, 5) is 0.0266. The Morgan fingerprint density at radius 1 is 1.42 bits per heavy atom. The van der Waals surface area contributed by atoms with Crippen molar-refractivity contribution in [2.75, 3.05) is 6.54 Å². The lowest BCUT2D eigenvalue weighted by atomic mass is 10.0. The molecule has 1 saturated heterocycles. The summed E-state index contributed by atoms with van der Waals surface area (Å²) in [5, 5.41) is 3.26. The van der Waals surface area contributed by atoms with Gasteiger partial charge in [-0.25, -0.2) is 17.5 Å². The van der Waals surface area contributed by atoms with Gasteiger partial charge in [-0.1, -0.05) is 6.07 Å². The molecule has 1 heterocycles. The summed E-state index contributed by atoms with van der Waals surface area (Å²) in [6.45, 7) is 4.48. The van der Waals surface area contributed by atoms with Crippen molar-refractivity contribution >= 4 is 10.0 Å². The van der Waals surface area contributed by atoms with Crippen molar-refractivity contribution in [2.24, 2.45) is 0 Å². The van der Waals surface area contributed by atoms with E-state index in [9.17, 15) is 12.8 Å². The molecule has 0 bridgehead atoms. The summed E-state index contributed by atoms with van der Waals surface area (Å²) in [5.74, 6) is -0.537. The molecule has 6 heteroatoms. The number of nitrogens with one attached hydrogen (secondary N) is 2. The van der Waals surface area contributed by atoms with E-state index in [1.165, 1.54) is 12.1 Å². The summed E-state index contributed by atoms with van der Waals surface area (Å²) in [6.07, 6.45) is 1.49. The Morgan fingerprint density at radius 3 is 2.84 bits per heavy atom. The molecule has 0 radical (unpaired) electrons. The molecule has 1 aliphatic rings. The summed E-state index contributed by atoms with van der Waals surface area (Å²) in [6, 6.07) is 4.01. The first-order chi connectivity index (χ1) is 8.88. The molecule has 0 saturated carbocycles. The number of hydrogen-bond donors (Lipinski definition) is 2. The fourth-order valence-electron chi connectivity index (χ4n) is 2.39. The van der Waals surface area contributed by atoms with Crippen LogP contribution in [0.4, 0.5) is 4.39 Å².